The molecule has 1 aromatic carbocycles. The van der Waals surface area contributed by atoms with Gasteiger partial charge in [0.25, 0.3) is 0 Å². The minimum atomic E-state index is -3.98. The zero-order valence-corrected chi connectivity index (χ0v) is 23.6. The van der Waals surface area contributed by atoms with Gasteiger partial charge in [0, 0.05) is 17.2 Å². The lowest BCUT2D eigenvalue weighted by Gasteiger charge is -2.52. The molecule has 10 nitrogen and oxygen atoms in total. The number of nitrogens with one attached hydrogen (secondary N) is 3. The molecular formula is C28H35N5O5S. The number of ether oxygens (including phenoxy) is 1. The summed E-state index contributed by atoms with van der Waals surface area (Å²) in [6, 6.07) is 8.36. The largest absolute Gasteiger partial charge is 0.444 e. The van der Waals surface area contributed by atoms with Gasteiger partial charge < -0.3 is 20.4 Å². The van der Waals surface area contributed by atoms with Gasteiger partial charge in [-0.05, 0) is 90.0 Å². The Morgan fingerprint density at radius 1 is 1.05 bits per heavy atom. The first-order valence-electron chi connectivity index (χ1n) is 13.3. The van der Waals surface area contributed by atoms with Crippen molar-refractivity contribution >= 4 is 33.0 Å². The number of aryl methyl sites for hydroxylation is 1. The molecule has 39 heavy (non-hydrogen) atoms. The number of sulfone groups is 1. The number of benzene rings is 1. The second-order valence-electron chi connectivity index (χ2n) is 11.9. The Morgan fingerprint density at radius 3 is 2.38 bits per heavy atom. The quantitative estimate of drug-likeness (QED) is 0.412. The van der Waals surface area contributed by atoms with Gasteiger partial charge in [-0.2, -0.15) is 0 Å². The zero-order valence-electron chi connectivity index (χ0n) is 22.8. The van der Waals surface area contributed by atoms with Crippen LogP contribution in [0.4, 0.5) is 4.79 Å². The summed E-state index contributed by atoms with van der Waals surface area (Å²) in [5.41, 5.74) is 0.401. The molecule has 11 heteroatoms. The van der Waals surface area contributed by atoms with Crippen LogP contribution in [0.2, 0.25) is 0 Å². The first-order valence-corrected chi connectivity index (χ1v) is 14.7. The van der Waals surface area contributed by atoms with Crippen LogP contribution in [0.25, 0.3) is 11.2 Å². The second-order valence-corrected chi connectivity index (χ2v) is 13.7. The number of aromatic nitrogens is 3. The minimum absolute atomic E-state index is 0.0591. The molecule has 2 heterocycles. The van der Waals surface area contributed by atoms with Gasteiger partial charge in [-0.15, -0.1) is 0 Å². The fraction of sp³-hybridized carbons (Fsp3) is 0.500. The Labute approximate surface area is 228 Å². The van der Waals surface area contributed by atoms with Crippen molar-refractivity contribution in [1.82, 2.24) is 25.6 Å². The number of alkyl carbamates (subject to hydrolysis) is 1. The number of hydrogen-bond donors (Lipinski definition) is 3. The summed E-state index contributed by atoms with van der Waals surface area (Å²) in [7, 11) is -3.98. The summed E-state index contributed by atoms with van der Waals surface area (Å²) in [5, 5.41) is 5.87. The number of H-pyrrole nitrogens is 1. The molecule has 0 aliphatic heterocycles. The Balaban J connectivity index is 1.32. The molecule has 3 aromatic rings. The van der Waals surface area contributed by atoms with E-state index in [2.05, 4.69) is 25.6 Å². The third-order valence-corrected chi connectivity index (χ3v) is 9.59. The highest BCUT2D eigenvalue weighted by Crippen LogP contribution is 2.52. The highest BCUT2D eigenvalue weighted by atomic mass is 32.2. The van der Waals surface area contributed by atoms with Gasteiger partial charge in [-0.25, -0.2) is 23.2 Å². The Bertz CT molecular complexity index is 1510. The van der Waals surface area contributed by atoms with Crippen LogP contribution >= 0.6 is 0 Å². The van der Waals surface area contributed by atoms with E-state index >= 15 is 0 Å². The molecule has 0 unspecified atom stereocenters. The van der Waals surface area contributed by atoms with E-state index < -0.39 is 26.9 Å². The van der Waals surface area contributed by atoms with Crippen molar-refractivity contribution in [3.63, 3.8) is 0 Å². The molecule has 0 radical (unpaired) electrons. The van der Waals surface area contributed by atoms with E-state index in [9.17, 15) is 18.0 Å². The summed E-state index contributed by atoms with van der Waals surface area (Å²) in [5.74, 6) is -0.122. The number of carbonyl (C=O) groups excluding carboxylic acids is 2. The molecule has 0 spiro atoms. The highest BCUT2D eigenvalue weighted by Gasteiger charge is 2.53. The Morgan fingerprint density at radius 2 is 1.74 bits per heavy atom. The van der Waals surface area contributed by atoms with E-state index in [1.807, 2.05) is 33.8 Å². The fourth-order valence-electron chi connectivity index (χ4n) is 5.70. The van der Waals surface area contributed by atoms with Crippen molar-refractivity contribution in [2.75, 3.05) is 0 Å². The summed E-state index contributed by atoms with van der Waals surface area (Å²) >= 11 is 0. The van der Waals surface area contributed by atoms with Crippen LogP contribution in [0, 0.1) is 12.3 Å². The van der Waals surface area contributed by atoms with Crippen molar-refractivity contribution in [2.45, 2.75) is 93.8 Å². The van der Waals surface area contributed by atoms with Gasteiger partial charge >= 0.3 is 6.09 Å². The molecular weight excluding hydrogens is 518 g/mol. The normalized spacial score (nSPS) is 23.0. The second kappa shape index (κ2) is 9.62. The van der Waals surface area contributed by atoms with Gasteiger partial charge in [-0.1, -0.05) is 12.1 Å². The number of carbonyl (C=O) groups is 2. The van der Waals surface area contributed by atoms with E-state index in [0.29, 0.717) is 49.7 Å². The number of amides is 2. The summed E-state index contributed by atoms with van der Waals surface area (Å²) < 4.78 is 32.6. The van der Waals surface area contributed by atoms with Crippen molar-refractivity contribution in [1.29, 1.82) is 0 Å². The predicted molar refractivity (Wildman–Crippen MR) is 145 cm³/mol. The maximum Gasteiger partial charge on any atom is 0.408 e. The van der Waals surface area contributed by atoms with Crippen molar-refractivity contribution in [3.05, 3.63) is 47.8 Å². The number of nitrogens with zero attached hydrogens (tertiary/aromatic N) is 2. The van der Waals surface area contributed by atoms with Crippen LogP contribution in [-0.2, 0) is 25.9 Å². The molecule has 0 saturated heterocycles. The minimum Gasteiger partial charge on any atom is -0.444 e. The lowest BCUT2D eigenvalue weighted by atomic mass is 9.57. The van der Waals surface area contributed by atoms with Gasteiger partial charge in [0.2, 0.25) is 15.7 Å². The number of fused-ring (bicyclic) bond motifs is 4. The summed E-state index contributed by atoms with van der Waals surface area (Å²) in [6.45, 7) is 7.26. The molecule has 2 bridgehead atoms. The average Bonchev–Trinajstić information content (AvgIpc) is 3.34. The SMILES string of the molecule is Cc1cccc(S(=O)(=O)c2nc3[nH]ccc3nc2CNC(=O)C23CCC(NC(=O)OC(C)(C)C)(CC2)CC3)c1. The fourth-order valence-corrected chi connectivity index (χ4v) is 7.16. The summed E-state index contributed by atoms with van der Waals surface area (Å²) in [4.78, 5) is 37.9. The molecule has 0 atom stereocenters. The van der Waals surface area contributed by atoms with Crippen LogP contribution in [-0.4, -0.2) is 46.5 Å². The molecule has 3 saturated carbocycles. The maximum atomic E-state index is 13.6. The van der Waals surface area contributed by atoms with Gasteiger partial charge in [-0.3, -0.25) is 4.79 Å². The molecule has 3 N–H and O–H groups in total. The summed E-state index contributed by atoms with van der Waals surface area (Å²) in [6.07, 6.45) is 5.16. The van der Waals surface area contributed by atoms with E-state index in [1.165, 1.54) is 6.07 Å². The number of aromatic amines is 1. The smallest absolute Gasteiger partial charge is 0.408 e. The standard InChI is InChI=1S/C28H35N5O5S/c1-18-6-5-7-19(16-18)39(36,37)23-21(31-20-8-15-29-22(20)32-23)17-30-24(34)27-9-12-28(13-10-27,14-11-27)33-25(35)38-26(2,3)4/h5-8,15-16H,9-14,17H2,1-4H3,(H,29,32)(H,30,34)(H,33,35). The van der Waals surface area contributed by atoms with Crippen molar-refractivity contribution in [2.24, 2.45) is 5.41 Å². The Hall–Kier alpha value is -3.47. The van der Waals surface area contributed by atoms with Crippen molar-refractivity contribution < 1.29 is 22.7 Å². The predicted octanol–water partition coefficient (Wildman–Crippen LogP) is 4.33. The van der Waals surface area contributed by atoms with E-state index in [0.717, 1.165) is 5.56 Å². The van der Waals surface area contributed by atoms with Crippen LogP contribution in [0.3, 0.4) is 0 Å². The molecule has 3 aliphatic carbocycles. The Kier molecular flexibility index (Phi) is 6.69. The lowest BCUT2D eigenvalue weighted by molar-refractivity contribution is -0.138. The molecule has 3 aliphatic rings. The third kappa shape index (κ3) is 5.36. The maximum absolute atomic E-state index is 13.6. The van der Waals surface area contributed by atoms with E-state index in [-0.39, 0.29) is 33.6 Å². The third-order valence-electron chi connectivity index (χ3n) is 7.88. The van der Waals surface area contributed by atoms with Crippen LogP contribution in [0.5, 0.6) is 0 Å². The molecule has 2 amide bonds. The van der Waals surface area contributed by atoms with Gasteiger partial charge in [0.05, 0.1) is 17.1 Å². The molecule has 3 fully saturated rings. The lowest BCUT2D eigenvalue weighted by Crippen LogP contribution is -2.60. The van der Waals surface area contributed by atoms with Crippen LogP contribution in [0.15, 0.2) is 46.5 Å². The van der Waals surface area contributed by atoms with Crippen molar-refractivity contribution in [3.8, 4) is 0 Å². The van der Waals surface area contributed by atoms with Crippen LogP contribution in [0.1, 0.15) is 70.6 Å². The number of hydrogen-bond acceptors (Lipinski definition) is 7. The van der Waals surface area contributed by atoms with E-state index in [4.69, 9.17) is 4.74 Å². The molecule has 6 rings (SSSR count). The number of rotatable bonds is 6. The highest BCUT2D eigenvalue weighted by molar-refractivity contribution is 7.91. The van der Waals surface area contributed by atoms with Gasteiger partial charge in [0.15, 0.2) is 10.7 Å². The zero-order chi connectivity index (χ0) is 28.1. The molecule has 2 aromatic heterocycles. The first-order chi connectivity index (χ1) is 18.3. The molecule has 208 valence electrons. The van der Waals surface area contributed by atoms with Gasteiger partial charge in [0.1, 0.15) is 11.1 Å². The monoisotopic (exact) mass is 553 g/mol. The first kappa shape index (κ1) is 27.1. The van der Waals surface area contributed by atoms with E-state index in [1.54, 1.807) is 24.4 Å². The van der Waals surface area contributed by atoms with Crippen LogP contribution < -0.4 is 10.6 Å². The average molecular weight is 554 g/mol. The topological polar surface area (TPSA) is 143 Å².